The Balaban J connectivity index is 1.48. The molecule has 2 bridgehead atoms. The van der Waals surface area contributed by atoms with Gasteiger partial charge in [-0.1, -0.05) is 62.4 Å². The molecular formula is C29H23Cl2IN2O3. The van der Waals surface area contributed by atoms with E-state index in [-0.39, 0.29) is 5.92 Å². The van der Waals surface area contributed by atoms with Gasteiger partial charge in [-0.15, -0.1) is 23.2 Å². The molecule has 3 aromatic rings. The molecule has 8 heteroatoms. The summed E-state index contributed by atoms with van der Waals surface area (Å²) >= 11 is 17.2. The Morgan fingerprint density at radius 1 is 0.811 bits per heavy atom. The minimum absolute atomic E-state index is 0.336. The minimum atomic E-state index is -1.27. The van der Waals surface area contributed by atoms with Crippen molar-refractivity contribution < 1.29 is 14.4 Å². The first-order chi connectivity index (χ1) is 17.6. The second kappa shape index (κ2) is 8.55. The molecule has 3 aromatic carbocycles. The van der Waals surface area contributed by atoms with Crippen LogP contribution in [0.4, 0.5) is 5.69 Å². The number of nitrogens with zero attached hydrogens (tertiary/aromatic N) is 1. The summed E-state index contributed by atoms with van der Waals surface area (Å²) in [6, 6.07) is 21.3. The zero-order valence-corrected chi connectivity index (χ0v) is 23.7. The van der Waals surface area contributed by atoms with Gasteiger partial charge in [0.1, 0.15) is 15.8 Å². The van der Waals surface area contributed by atoms with E-state index in [0.29, 0.717) is 5.69 Å². The highest BCUT2D eigenvalue weighted by atomic mass is 127. The second-order valence-corrected chi connectivity index (χ2v) is 12.6. The van der Waals surface area contributed by atoms with Gasteiger partial charge < -0.3 is 5.32 Å². The van der Waals surface area contributed by atoms with E-state index in [2.05, 4.69) is 27.9 Å². The number of nitrogens with one attached hydrogen (secondary N) is 1. The largest absolute Gasteiger partial charge is 0.324 e. The fourth-order valence-corrected chi connectivity index (χ4v) is 7.89. The van der Waals surface area contributed by atoms with Crippen LogP contribution in [-0.2, 0) is 24.1 Å². The third-order valence-electron chi connectivity index (χ3n) is 7.91. The molecule has 3 aliphatic carbocycles. The lowest BCUT2D eigenvalue weighted by atomic mass is 9.54. The Labute approximate surface area is 238 Å². The van der Waals surface area contributed by atoms with Crippen LogP contribution in [0.1, 0.15) is 36.1 Å². The summed E-state index contributed by atoms with van der Waals surface area (Å²) in [7, 11) is 0. The first-order valence-electron chi connectivity index (χ1n) is 12.1. The van der Waals surface area contributed by atoms with Crippen LogP contribution in [0.5, 0.6) is 0 Å². The van der Waals surface area contributed by atoms with Gasteiger partial charge >= 0.3 is 0 Å². The van der Waals surface area contributed by atoms with Crippen molar-refractivity contribution in [2.45, 2.75) is 29.6 Å². The van der Waals surface area contributed by atoms with Crippen molar-refractivity contribution in [1.82, 2.24) is 4.90 Å². The molecule has 188 valence electrons. The molecule has 0 unspecified atom stereocenters. The van der Waals surface area contributed by atoms with Crippen LogP contribution in [0, 0.1) is 21.3 Å². The summed E-state index contributed by atoms with van der Waals surface area (Å²) in [6.45, 7) is 3.65. The van der Waals surface area contributed by atoms with E-state index in [4.69, 9.17) is 23.2 Å². The van der Waals surface area contributed by atoms with Gasteiger partial charge in [0.25, 0.3) is 0 Å². The molecule has 1 saturated heterocycles. The van der Waals surface area contributed by atoms with E-state index < -0.39 is 45.3 Å². The number of alkyl halides is 2. The Kier molecular flexibility index (Phi) is 5.75. The van der Waals surface area contributed by atoms with E-state index in [9.17, 15) is 14.4 Å². The molecule has 0 radical (unpaired) electrons. The van der Waals surface area contributed by atoms with Crippen LogP contribution in [0.2, 0.25) is 0 Å². The van der Waals surface area contributed by atoms with Gasteiger partial charge in [-0.3, -0.25) is 19.3 Å². The molecule has 5 nitrogen and oxygen atoms in total. The zero-order valence-electron chi connectivity index (χ0n) is 20.0. The fraction of sp³-hybridized carbons (Fsp3) is 0.276. The van der Waals surface area contributed by atoms with E-state index in [1.165, 1.54) is 0 Å². The normalized spacial score (nSPS) is 28.1. The van der Waals surface area contributed by atoms with Crippen LogP contribution in [0.25, 0.3) is 0 Å². The molecule has 3 atom stereocenters. The molecule has 1 N–H and O–H groups in total. The molecule has 0 saturated carbocycles. The zero-order chi connectivity index (χ0) is 26.3. The predicted molar refractivity (Wildman–Crippen MR) is 151 cm³/mol. The van der Waals surface area contributed by atoms with Crippen molar-refractivity contribution in [3.05, 3.63) is 98.6 Å². The van der Waals surface area contributed by atoms with Gasteiger partial charge in [0.2, 0.25) is 17.7 Å². The Morgan fingerprint density at radius 3 is 1.59 bits per heavy atom. The van der Waals surface area contributed by atoms with Gasteiger partial charge in [-0.05, 0) is 75.0 Å². The number of benzene rings is 3. The van der Waals surface area contributed by atoms with Crippen LogP contribution in [0.3, 0.4) is 0 Å². The molecule has 1 heterocycles. The smallest absolute Gasteiger partial charge is 0.247 e. The number of carbonyl (C=O) groups is 3. The molecule has 0 spiro atoms. The van der Waals surface area contributed by atoms with Gasteiger partial charge in [-0.25, -0.2) is 0 Å². The van der Waals surface area contributed by atoms with E-state index >= 15 is 0 Å². The maximum atomic E-state index is 14.2. The SMILES string of the molecule is CC(C)[C@@H](C(=O)Nc1ccc(I)cc1)N1C(=O)[C@@H]2[C@@H](C1=O)C1(Cl)c3ccccc3C2(Cl)c2ccccc21. The quantitative estimate of drug-likeness (QED) is 0.220. The third kappa shape index (κ3) is 3.25. The molecule has 1 aliphatic heterocycles. The maximum absolute atomic E-state index is 14.2. The number of halogens is 3. The van der Waals surface area contributed by atoms with Gasteiger partial charge in [0, 0.05) is 9.26 Å². The van der Waals surface area contributed by atoms with Crippen LogP contribution < -0.4 is 5.32 Å². The molecule has 7 rings (SSSR count). The summed E-state index contributed by atoms with van der Waals surface area (Å²) < 4.78 is 1.03. The molecule has 1 fully saturated rings. The van der Waals surface area contributed by atoms with Crippen molar-refractivity contribution in [2.24, 2.45) is 17.8 Å². The highest BCUT2D eigenvalue weighted by molar-refractivity contribution is 14.1. The van der Waals surface area contributed by atoms with E-state index in [1.807, 2.05) is 74.5 Å². The summed E-state index contributed by atoms with van der Waals surface area (Å²) in [5.74, 6) is -3.55. The van der Waals surface area contributed by atoms with Crippen LogP contribution >= 0.6 is 45.8 Å². The van der Waals surface area contributed by atoms with E-state index in [1.54, 1.807) is 12.1 Å². The molecular weight excluding hydrogens is 622 g/mol. The lowest BCUT2D eigenvalue weighted by molar-refractivity contribution is -0.148. The topological polar surface area (TPSA) is 66.5 Å². The summed E-state index contributed by atoms with van der Waals surface area (Å²) in [5, 5.41) is 2.89. The van der Waals surface area contributed by atoms with Crippen LogP contribution in [-0.4, -0.2) is 28.7 Å². The monoisotopic (exact) mass is 644 g/mol. The lowest BCUT2D eigenvalue weighted by Gasteiger charge is -2.54. The molecule has 3 amide bonds. The number of likely N-dealkylation sites (tertiary alicyclic amines) is 1. The predicted octanol–water partition coefficient (Wildman–Crippen LogP) is 5.85. The number of carbonyl (C=O) groups excluding carboxylic acids is 3. The summed E-state index contributed by atoms with van der Waals surface area (Å²) in [6.07, 6.45) is 0. The van der Waals surface area contributed by atoms with Gasteiger partial charge in [0.15, 0.2) is 0 Å². The van der Waals surface area contributed by atoms with Crippen molar-refractivity contribution in [3.63, 3.8) is 0 Å². The maximum Gasteiger partial charge on any atom is 0.247 e. The third-order valence-corrected chi connectivity index (χ3v) is 9.91. The Hall–Kier alpha value is -2.42. The number of anilines is 1. The average molecular weight is 645 g/mol. The minimum Gasteiger partial charge on any atom is -0.324 e. The lowest BCUT2D eigenvalue weighted by Crippen LogP contribution is -2.57. The highest BCUT2D eigenvalue weighted by Gasteiger charge is 2.73. The van der Waals surface area contributed by atoms with Gasteiger partial charge in [-0.2, -0.15) is 0 Å². The number of imide groups is 1. The van der Waals surface area contributed by atoms with Gasteiger partial charge in [0.05, 0.1) is 11.8 Å². The number of hydrogen-bond acceptors (Lipinski definition) is 3. The summed E-state index contributed by atoms with van der Waals surface area (Å²) in [5.41, 5.74) is 3.53. The second-order valence-electron chi connectivity index (χ2n) is 10.2. The number of rotatable bonds is 4. The van der Waals surface area contributed by atoms with Crippen molar-refractivity contribution in [2.75, 3.05) is 5.32 Å². The first-order valence-corrected chi connectivity index (χ1v) is 14.0. The highest BCUT2D eigenvalue weighted by Crippen LogP contribution is 2.69. The number of amides is 3. The fourth-order valence-electron chi connectivity index (χ4n) is 6.43. The van der Waals surface area contributed by atoms with E-state index in [0.717, 1.165) is 30.7 Å². The Bertz CT molecular complexity index is 1350. The standard InChI is InChI=1S/C29H23Cl2IN2O3/c1-15(2)24(25(35)33-17-13-11-16(32)12-14-17)34-26(36)22-23(27(34)37)29(31)19-8-4-3-7-18(19)28(22,30)20-9-5-6-10-21(20)29/h3-15,22-24H,1-2H3,(H,33,35)/t22-,23-,24-,28?,29?/m0/s1. The van der Waals surface area contributed by atoms with Crippen molar-refractivity contribution in [1.29, 1.82) is 0 Å². The molecule has 37 heavy (non-hydrogen) atoms. The Morgan fingerprint density at radius 2 is 1.22 bits per heavy atom. The average Bonchev–Trinajstić information content (AvgIpc) is 3.15. The molecule has 4 aliphatic rings. The van der Waals surface area contributed by atoms with Crippen LogP contribution in [0.15, 0.2) is 72.8 Å². The van der Waals surface area contributed by atoms with Crippen molar-refractivity contribution >= 4 is 69.2 Å². The molecule has 0 aromatic heterocycles. The number of hydrogen-bond donors (Lipinski definition) is 1. The van der Waals surface area contributed by atoms with Crippen molar-refractivity contribution in [3.8, 4) is 0 Å². The first kappa shape index (κ1) is 24.9. The summed E-state index contributed by atoms with van der Waals surface area (Å²) in [4.78, 5) is 40.6.